The molecule has 0 bridgehead atoms. The summed E-state index contributed by atoms with van der Waals surface area (Å²) in [7, 11) is -3.41. The highest BCUT2D eigenvalue weighted by Crippen LogP contribution is 2.31. The third-order valence-corrected chi connectivity index (χ3v) is 5.12. The molecule has 0 heterocycles. The van der Waals surface area contributed by atoms with Gasteiger partial charge in [-0.3, -0.25) is 0 Å². The summed E-state index contributed by atoms with van der Waals surface area (Å²) in [5.41, 5.74) is 0.885. The molecule has 0 unspecified atom stereocenters. The van der Waals surface area contributed by atoms with E-state index in [-0.39, 0.29) is 27.5 Å². The second kappa shape index (κ2) is 7.99. The summed E-state index contributed by atoms with van der Waals surface area (Å²) >= 11 is 5.82. The average Bonchev–Trinajstić information content (AvgIpc) is 2.57. The minimum absolute atomic E-state index is 0.0803. The number of carboxylic acids is 1. The lowest BCUT2D eigenvalue weighted by Crippen LogP contribution is -2.08. The van der Waals surface area contributed by atoms with E-state index in [2.05, 4.69) is 0 Å². The van der Waals surface area contributed by atoms with Crippen LogP contribution in [0.25, 0.3) is 5.57 Å². The first kappa shape index (κ1) is 20.1. The molecule has 0 aromatic heterocycles. The highest BCUT2D eigenvalue weighted by molar-refractivity contribution is 7.90. The predicted molar refractivity (Wildman–Crippen MR) is 96.3 cm³/mol. The summed E-state index contributed by atoms with van der Waals surface area (Å²) in [5.74, 6) is -1.90. The van der Waals surface area contributed by atoms with E-state index in [1.807, 2.05) is 0 Å². The molecule has 0 aliphatic carbocycles. The summed E-state index contributed by atoms with van der Waals surface area (Å²) in [5, 5.41) is 18.6. The largest absolute Gasteiger partial charge is 0.478 e. The summed E-state index contributed by atoms with van der Waals surface area (Å²) in [4.78, 5) is 11.8. The third kappa shape index (κ3) is 4.49. The Morgan fingerprint density at radius 3 is 2.15 bits per heavy atom. The maximum Gasteiger partial charge on any atom is 0.332 e. The van der Waals surface area contributed by atoms with Crippen LogP contribution < -0.4 is 0 Å². The molecule has 0 aliphatic rings. The van der Waals surface area contributed by atoms with Crippen molar-refractivity contribution < 1.29 is 27.8 Å². The van der Waals surface area contributed by atoms with Crippen molar-refractivity contribution in [2.24, 2.45) is 0 Å². The first-order chi connectivity index (χ1) is 12.1. The number of rotatable bonds is 6. The van der Waals surface area contributed by atoms with Gasteiger partial charge < -0.3 is 10.2 Å². The maximum absolute atomic E-state index is 13.5. The summed E-state index contributed by atoms with van der Waals surface area (Å²) in [6, 6.07) is 9.41. The normalized spacial score (nSPS) is 12.6. The van der Waals surface area contributed by atoms with Gasteiger partial charge in [-0.25, -0.2) is 17.6 Å². The van der Waals surface area contributed by atoms with E-state index >= 15 is 0 Å². The van der Waals surface area contributed by atoms with Crippen LogP contribution in [0.2, 0.25) is 5.02 Å². The topological polar surface area (TPSA) is 91.7 Å². The van der Waals surface area contributed by atoms with Gasteiger partial charge in [0.05, 0.1) is 9.92 Å². The highest BCUT2D eigenvalue weighted by atomic mass is 35.5. The summed E-state index contributed by atoms with van der Waals surface area (Å²) < 4.78 is 36.7. The molecule has 2 rings (SSSR count). The first-order valence-electron chi connectivity index (χ1n) is 7.48. The molecular weight excluding hydrogens is 383 g/mol. The van der Waals surface area contributed by atoms with Gasteiger partial charge in [-0.05, 0) is 41.0 Å². The van der Waals surface area contributed by atoms with Crippen LogP contribution in [0.1, 0.15) is 17.5 Å². The van der Waals surface area contributed by atoms with Crippen LogP contribution in [-0.2, 0) is 14.6 Å². The van der Waals surface area contributed by atoms with Crippen LogP contribution in [0.3, 0.4) is 0 Å². The lowest BCUT2D eigenvalue weighted by molar-refractivity contribution is -0.132. The highest BCUT2D eigenvalue weighted by Gasteiger charge is 2.19. The van der Waals surface area contributed by atoms with Crippen LogP contribution in [0.5, 0.6) is 0 Å². The molecule has 5 nitrogen and oxygen atoms in total. The van der Waals surface area contributed by atoms with E-state index in [0.717, 1.165) is 12.3 Å². The van der Waals surface area contributed by atoms with Crippen LogP contribution in [-0.4, -0.2) is 37.5 Å². The van der Waals surface area contributed by atoms with Crippen molar-refractivity contribution in [3.63, 3.8) is 0 Å². The average molecular weight is 399 g/mol. The number of carboxylic acid groups (broad SMARTS) is 1. The van der Waals surface area contributed by atoms with Crippen LogP contribution in [0.4, 0.5) is 4.39 Å². The number of aliphatic hydroxyl groups is 1. The minimum atomic E-state index is -3.41. The van der Waals surface area contributed by atoms with Gasteiger partial charge in [0.1, 0.15) is 5.82 Å². The Hall–Kier alpha value is -2.22. The van der Waals surface area contributed by atoms with Gasteiger partial charge in [0.2, 0.25) is 0 Å². The smallest absolute Gasteiger partial charge is 0.332 e. The van der Waals surface area contributed by atoms with Gasteiger partial charge in [-0.2, -0.15) is 0 Å². The fourth-order valence-electron chi connectivity index (χ4n) is 2.49. The molecule has 0 spiro atoms. The Kier molecular flexibility index (Phi) is 6.17. The Labute approximate surface area is 155 Å². The Morgan fingerprint density at radius 2 is 1.69 bits per heavy atom. The Morgan fingerprint density at radius 1 is 1.12 bits per heavy atom. The van der Waals surface area contributed by atoms with Crippen molar-refractivity contribution in [3.05, 3.63) is 70.0 Å². The summed E-state index contributed by atoms with van der Waals surface area (Å²) in [6.07, 6.45) is 0.917. The maximum atomic E-state index is 13.5. The second-order valence-electron chi connectivity index (χ2n) is 5.56. The predicted octanol–water partition coefficient (Wildman–Crippen LogP) is 3.15. The van der Waals surface area contributed by atoms with Crippen molar-refractivity contribution in [1.29, 1.82) is 0 Å². The number of sulfone groups is 1. The molecule has 0 amide bonds. The number of aliphatic carboxylic acids is 1. The first-order valence-corrected chi connectivity index (χ1v) is 9.75. The monoisotopic (exact) mass is 398 g/mol. The zero-order valence-corrected chi connectivity index (χ0v) is 15.3. The SMILES string of the molecule is CS(=O)(=O)c1ccc(C(=C(CCO)C(=O)O)c2ccc(F)c(Cl)c2)cc1. The number of halogens is 2. The van der Waals surface area contributed by atoms with E-state index in [9.17, 15) is 27.8 Å². The lowest BCUT2D eigenvalue weighted by Gasteiger charge is -2.14. The van der Waals surface area contributed by atoms with Crippen molar-refractivity contribution in [3.8, 4) is 0 Å². The molecule has 2 N–H and O–H groups in total. The summed E-state index contributed by atoms with van der Waals surface area (Å²) in [6.45, 7) is -0.401. The molecule has 8 heteroatoms. The van der Waals surface area contributed by atoms with Gasteiger partial charge in [0.15, 0.2) is 9.84 Å². The number of hydrogen-bond donors (Lipinski definition) is 2. The molecule has 0 aliphatic heterocycles. The zero-order valence-electron chi connectivity index (χ0n) is 13.7. The molecule has 2 aromatic rings. The van der Waals surface area contributed by atoms with E-state index in [0.29, 0.717) is 11.1 Å². The minimum Gasteiger partial charge on any atom is -0.478 e. The fraction of sp³-hybridized carbons (Fsp3) is 0.167. The second-order valence-corrected chi connectivity index (χ2v) is 7.98. The zero-order chi connectivity index (χ0) is 19.5. The van der Waals surface area contributed by atoms with Gasteiger partial charge in [0, 0.05) is 24.9 Å². The number of benzene rings is 2. The molecular formula is C18H16ClFO5S. The van der Waals surface area contributed by atoms with E-state index in [1.54, 1.807) is 0 Å². The van der Waals surface area contributed by atoms with Crippen LogP contribution >= 0.6 is 11.6 Å². The van der Waals surface area contributed by atoms with E-state index in [4.69, 9.17) is 11.6 Å². The van der Waals surface area contributed by atoms with Gasteiger partial charge >= 0.3 is 5.97 Å². The molecule has 0 fully saturated rings. The number of hydrogen-bond acceptors (Lipinski definition) is 4. The molecule has 138 valence electrons. The van der Waals surface area contributed by atoms with Crippen LogP contribution in [0, 0.1) is 5.82 Å². The quantitative estimate of drug-likeness (QED) is 0.729. The van der Waals surface area contributed by atoms with Gasteiger partial charge in [0.25, 0.3) is 0 Å². The molecule has 0 radical (unpaired) electrons. The molecule has 0 saturated heterocycles. The number of carbonyl (C=O) groups is 1. The fourth-order valence-corrected chi connectivity index (χ4v) is 3.30. The van der Waals surface area contributed by atoms with Crippen molar-refractivity contribution in [2.75, 3.05) is 12.9 Å². The Bertz CT molecular complexity index is 966. The van der Waals surface area contributed by atoms with Crippen molar-refractivity contribution >= 4 is 33.0 Å². The van der Waals surface area contributed by atoms with Crippen molar-refractivity contribution in [1.82, 2.24) is 0 Å². The van der Waals surface area contributed by atoms with E-state index < -0.39 is 28.2 Å². The molecule has 26 heavy (non-hydrogen) atoms. The molecule has 2 aromatic carbocycles. The standard InChI is InChI=1S/C18H16ClFO5S/c1-26(24,25)13-5-2-11(3-6-13)17(14(8-9-21)18(22)23)12-4-7-16(20)15(19)10-12/h2-7,10,21H,8-9H2,1H3,(H,22,23). The van der Waals surface area contributed by atoms with Crippen LogP contribution in [0.15, 0.2) is 52.9 Å². The van der Waals surface area contributed by atoms with Gasteiger partial charge in [-0.1, -0.05) is 29.8 Å². The third-order valence-electron chi connectivity index (χ3n) is 3.70. The lowest BCUT2D eigenvalue weighted by atomic mass is 9.91. The van der Waals surface area contributed by atoms with E-state index in [1.165, 1.54) is 36.4 Å². The molecule has 0 saturated carbocycles. The number of aliphatic hydroxyl groups excluding tert-OH is 1. The van der Waals surface area contributed by atoms with Crippen molar-refractivity contribution in [2.45, 2.75) is 11.3 Å². The Balaban J connectivity index is 2.73. The van der Waals surface area contributed by atoms with Gasteiger partial charge in [-0.15, -0.1) is 0 Å². The molecule has 0 atom stereocenters.